The van der Waals surface area contributed by atoms with Gasteiger partial charge in [0.25, 0.3) is 0 Å². The fourth-order valence-corrected chi connectivity index (χ4v) is 3.14. The maximum atomic E-state index is 6.09. The number of halogens is 1. The summed E-state index contributed by atoms with van der Waals surface area (Å²) in [6.07, 6.45) is 1.48. The number of aromatic nitrogens is 3. The Hall–Kier alpha value is -3.38. The Morgan fingerprint density at radius 1 is 1.00 bits per heavy atom. The molecule has 0 aliphatic rings. The lowest BCUT2D eigenvalue weighted by atomic mass is 10.1. The minimum Gasteiger partial charge on any atom is -0.496 e. The van der Waals surface area contributed by atoms with Crippen LogP contribution in [0.15, 0.2) is 67.0 Å². The third-order valence-electron chi connectivity index (χ3n) is 4.35. The van der Waals surface area contributed by atoms with Crippen molar-refractivity contribution in [3.63, 3.8) is 0 Å². The monoisotopic (exact) mass is 391 g/mol. The molecule has 0 aliphatic heterocycles. The van der Waals surface area contributed by atoms with Crippen LogP contribution in [-0.2, 0) is 0 Å². The van der Waals surface area contributed by atoms with Gasteiger partial charge in [0.05, 0.1) is 7.11 Å². The number of hydrogen-bond acceptors (Lipinski definition) is 6. The Morgan fingerprint density at radius 3 is 2.68 bits per heavy atom. The van der Waals surface area contributed by atoms with E-state index in [-0.39, 0.29) is 0 Å². The molecule has 4 aromatic rings. The Bertz CT molecular complexity index is 1130. The van der Waals surface area contributed by atoms with Crippen molar-refractivity contribution in [3.05, 3.63) is 72.0 Å². The van der Waals surface area contributed by atoms with E-state index in [2.05, 4.69) is 20.3 Å². The second-order valence-electron chi connectivity index (χ2n) is 6.17. The largest absolute Gasteiger partial charge is 0.496 e. The molecule has 0 amide bonds. The fourth-order valence-electron chi connectivity index (χ4n) is 2.96. The summed E-state index contributed by atoms with van der Waals surface area (Å²) >= 11 is 6.09. The smallest absolute Gasteiger partial charge is 0.234 e. The molecule has 0 saturated heterocycles. The first-order chi connectivity index (χ1) is 13.6. The van der Waals surface area contributed by atoms with Gasteiger partial charge < -0.3 is 15.0 Å². The summed E-state index contributed by atoms with van der Waals surface area (Å²) in [5.41, 5.74) is 1.72. The number of methoxy groups -OCH3 is 1. The van der Waals surface area contributed by atoms with E-state index in [4.69, 9.17) is 16.3 Å². The highest BCUT2D eigenvalue weighted by atomic mass is 35.5. The summed E-state index contributed by atoms with van der Waals surface area (Å²) in [5, 5.41) is 6.00. The first-order valence-electron chi connectivity index (χ1n) is 8.66. The molecule has 0 unspecified atom stereocenters. The SMILES string of the molecule is COc1cc(Nc2ncnc(N(C)c3cccc(Cl)c3)n2)cc2ccccc12. The second-order valence-corrected chi connectivity index (χ2v) is 6.61. The van der Waals surface area contributed by atoms with Crippen LogP contribution in [-0.4, -0.2) is 29.1 Å². The molecule has 0 radical (unpaired) electrons. The Balaban J connectivity index is 1.64. The van der Waals surface area contributed by atoms with Crippen molar-refractivity contribution in [2.45, 2.75) is 0 Å². The van der Waals surface area contributed by atoms with Gasteiger partial charge in [0, 0.05) is 34.9 Å². The van der Waals surface area contributed by atoms with Gasteiger partial charge in [-0.15, -0.1) is 0 Å². The van der Waals surface area contributed by atoms with Gasteiger partial charge in [-0.3, -0.25) is 0 Å². The average molecular weight is 392 g/mol. The topological polar surface area (TPSA) is 63.2 Å². The van der Waals surface area contributed by atoms with E-state index in [1.165, 1.54) is 6.33 Å². The summed E-state index contributed by atoms with van der Waals surface area (Å²) in [7, 11) is 3.54. The number of hydrogen-bond donors (Lipinski definition) is 1. The van der Waals surface area contributed by atoms with E-state index in [0.29, 0.717) is 16.9 Å². The summed E-state index contributed by atoms with van der Waals surface area (Å²) in [6.45, 7) is 0. The van der Waals surface area contributed by atoms with Gasteiger partial charge in [0.2, 0.25) is 11.9 Å². The zero-order valence-electron chi connectivity index (χ0n) is 15.4. The predicted molar refractivity (Wildman–Crippen MR) is 113 cm³/mol. The van der Waals surface area contributed by atoms with Crippen LogP contribution in [0.2, 0.25) is 5.02 Å². The van der Waals surface area contributed by atoms with E-state index in [9.17, 15) is 0 Å². The van der Waals surface area contributed by atoms with Gasteiger partial charge in [0.15, 0.2) is 0 Å². The highest BCUT2D eigenvalue weighted by Gasteiger charge is 2.10. The fraction of sp³-hybridized carbons (Fsp3) is 0.0952. The Labute approximate surface area is 167 Å². The molecule has 0 fully saturated rings. The highest BCUT2D eigenvalue weighted by molar-refractivity contribution is 6.30. The van der Waals surface area contributed by atoms with Crippen molar-refractivity contribution >= 4 is 45.6 Å². The van der Waals surface area contributed by atoms with Crippen LogP contribution in [0, 0.1) is 0 Å². The number of benzene rings is 3. The number of fused-ring (bicyclic) bond motifs is 1. The van der Waals surface area contributed by atoms with Crippen molar-refractivity contribution in [1.29, 1.82) is 0 Å². The minimum atomic E-state index is 0.441. The van der Waals surface area contributed by atoms with E-state index in [1.54, 1.807) is 7.11 Å². The predicted octanol–water partition coefficient (Wildman–Crippen LogP) is 5.20. The van der Waals surface area contributed by atoms with E-state index in [0.717, 1.165) is 27.9 Å². The standard InChI is InChI=1S/C21H18ClN5O/c1-27(17-8-5-7-15(22)11-17)21-24-13-23-20(26-21)25-16-10-14-6-3-4-9-18(14)19(12-16)28-2/h3-13H,1-2H3,(H,23,24,25,26). The lowest BCUT2D eigenvalue weighted by Crippen LogP contribution is -2.14. The zero-order valence-corrected chi connectivity index (χ0v) is 16.2. The van der Waals surface area contributed by atoms with Crippen LogP contribution >= 0.6 is 11.6 Å². The normalized spacial score (nSPS) is 10.7. The first-order valence-corrected chi connectivity index (χ1v) is 9.04. The van der Waals surface area contributed by atoms with Crippen LogP contribution in [0.5, 0.6) is 5.75 Å². The summed E-state index contributed by atoms with van der Waals surface area (Å²) in [4.78, 5) is 14.9. The number of nitrogens with one attached hydrogen (secondary N) is 1. The van der Waals surface area contributed by atoms with Gasteiger partial charge in [-0.1, -0.05) is 41.9 Å². The van der Waals surface area contributed by atoms with Crippen LogP contribution in [0.1, 0.15) is 0 Å². The number of anilines is 4. The third-order valence-corrected chi connectivity index (χ3v) is 4.59. The molecule has 0 saturated carbocycles. The molecule has 0 aliphatic carbocycles. The van der Waals surface area contributed by atoms with Crippen molar-refractivity contribution in [2.24, 2.45) is 0 Å². The molecule has 1 aromatic heterocycles. The molecule has 0 bridgehead atoms. The molecular formula is C21H18ClN5O. The molecular weight excluding hydrogens is 374 g/mol. The van der Waals surface area contributed by atoms with Crippen molar-refractivity contribution in [2.75, 3.05) is 24.4 Å². The lowest BCUT2D eigenvalue weighted by molar-refractivity contribution is 0.420. The molecule has 28 heavy (non-hydrogen) atoms. The third kappa shape index (κ3) is 3.68. The Kier molecular flexibility index (Phi) is 4.95. The van der Waals surface area contributed by atoms with E-state index < -0.39 is 0 Å². The second kappa shape index (κ2) is 7.70. The number of rotatable bonds is 5. The van der Waals surface area contributed by atoms with Crippen molar-refractivity contribution < 1.29 is 4.74 Å². The molecule has 0 atom stereocenters. The number of ether oxygens (including phenoxy) is 1. The molecule has 1 heterocycles. The molecule has 3 aromatic carbocycles. The van der Waals surface area contributed by atoms with Gasteiger partial charge >= 0.3 is 0 Å². The zero-order chi connectivity index (χ0) is 19.5. The van der Waals surface area contributed by atoms with Crippen molar-refractivity contribution in [1.82, 2.24) is 15.0 Å². The molecule has 1 N–H and O–H groups in total. The van der Waals surface area contributed by atoms with Gasteiger partial charge in [0.1, 0.15) is 12.1 Å². The molecule has 7 heteroatoms. The molecule has 6 nitrogen and oxygen atoms in total. The molecule has 4 rings (SSSR count). The average Bonchev–Trinajstić information content (AvgIpc) is 2.73. The molecule has 0 spiro atoms. The van der Waals surface area contributed by atoms with Gasteiger partial charge in [-0.05, 0) is 29.7 Å². The van der Waals surface area contributed by atoms with Crippen LogP contribution in [0.3, 0.4) is 0 Å². The van der Waals surface area contributed by atoms with E-state index in [1.807, 2.05) is 72.6 Å². The minimum absolute atomic E-state index is 0.441. The number of nitrogens with zero attached hydrogens (tertiary/aromatic N) is 4. The van der Waals surface area contributed by atoms with Crippen molar-refractivity contribution in [3.8, 4) is 5.75 Å². The summed E-state index contributed by atoms with van der Waals surface area (Å²) < 4.78 is 5.52. The maximum absolute atomic E-state index is 6.09. The van der Waals surface area contributed by atoms with Crippen LogP contribution in [0.25, 0.3) is 10.8 Å². The summed E-state index contributed by atoms with van der Waals surface area (Å²) in [6, 6.07) is 19.5. The van der Waals surface area contributed by atoms with E-state index >= 15 is 0 Å². The Morgan fingerprint density at radius 2 is 1.86 bits per heavy atom. The maximum Gasteiger partial charge on any atom is 0.234 e. The van der Waals surface area contributed by atoms with Gasteiger partial charge in [-0.2, -0.15) is 4.98 Å². The van der Waals surface area contributed by atoms with Gasteiger partial charge in [-0.25, -0.2) is 9.97 Å². The molecule has 140 valence electrons. The quantitative estimate of drug-likeness (QED) is 0.504. The van der Waals surface area contributed by atoms with Crippen LogP contribution in [0.4, 0.5) is 23.3 Å². The highest BCUT2D eigenvalue weighted by Crippen LogP contribution is 2.31. The lowest BCUT2D eigenvalue weighted by Gasteiger charge is -2.17. The summed E-state index contributed by atoms with van der Waals surface area (Å²) in [5.74, 6) is 1.73. The first kappa shape index (κ1) is 18.0. The van der Waals surface area contributed by atoms with Crippen LogP contribution < -0.4 is 15.0 Å².